The van der Waals surface area contributed by atoms with E-state index in [-0.39, 0.29) is 106 Å². The van der Waals surface area contributed by atoms with E-state index in [1.807, 2.05) is 0 Å². The molecule has 2 unspecified atom stereocenters. The van der Waals surface area contributed by atoms with Crippen LogP contribution in [0.3, 0.4) is 0 Å². The molecule has 40 heavy (non-hydrogen) atoms. The predicted octanol–water partition coefficient (Wildman–Crippen LogP) is -1.45. The number of hydrogen-bond acceptors (Lipinski definition) is 9. The molecule has 5 rings (SSSR count). The van der Waals surface area contributed by atoms with E-state index >= 15 is 0 Å². The monoisotopic (exact) mass is 622 g/mol. The average molecular weight is 623 g/mol. The molecule has 0 aromatic rings. The fourth-order valence-corrected chi connectivity index (χ4v) is 11.1. The minimum Gasteiger partial charge on any atom is -0.726 e. The Hall–Kier alpha value is 1.70. The molecular formula is C27H44Na2O9S2. The van der Waals surface area contributed by atoms with Gasteiger partial charge in [-0.25, -0.2) is 16.8 Å². The zero-order chi connectivity index (χ0) is 27.7. The van der Waals surface area contributed by atoms with Gasteiger partial charge in [0.25, 0.3) is 0 Å². The van der Waals surface area contributed by atoms with Crippen molar-refractivity contribution in [1.29, 1.82) is 0 Å². The molecule has 1 spiro atoms. The summed E-state index contributed by atoms with van der Waals surface area (Å²) in [5.74, 6) is 1.74. The van der Waals surface area contributed by atoms with Crippen LogP contribution in [-0.2, 0) is 33.9 Å². The third-order valence-corrected chi connectivity index (χ3v) is 12.7. The first kappa shape index (κ1) is 36.2. The molecule has 5 aliphatic rings. The molecule has 9 nitrogen and oxygen atoms in total. The summed E-state index contributed by atoms with van der Waals surface area (Å²) in [6, 6.07) is 0. The molecule has 220 valence electrons. The second-order valence-electron chi connectivity index (χ2n) is 13.8. The molecule has 5 fully saturated rings. The van der Waals surface area contributed by atoms with Gasteiger partial charge in [0, 0.05) is 5.41 Å². The minimum atomic E-state index is -4.81. The first-order chi connectivity index (χ1) is 17.6. The molecule has 10 atom stereocenters. The quantitative estimate of drug-likeness (QED) is 0.163. The van der Waals surface area contributed by atoms with Crippen LogP contribution in [0, 0.1) is 46.3 Å². The first-order valence-corrected chi connectivity index (χ1v) is 17.2. The number of fused-ring (bicyclic) bond motifs is 2. The van der Waals surface area contributed by atoms with Crippen LogP contribution in [0.5, 0.6) is 0 Å². The summed E-state index contributed by atoms with van der Waals surface area (Å²) in [4.78, 5) is 0. The summed E-state index contributed by atoms with van der Waals surface area (Å²) in [5.41, 5.74) is -0.443. The van der Waals surface area contributed by atoms with Gasteiger partial charge in [0.05, 0.1) is 18.3 Å². The standard InChI is InChI=1S/C27H46O9S2.2Na/c1-17(2)6-5-7-18(16-34-37(28,29)30)19-8-9-20-21-10-11-22-24-23(36-38(31,32)33)12-13-26(22,4)27(21,35-24)15-14-25(19,20)3;;/h17-24H,5-16H2,1-4H3,(H,28,29,30)(H,31,32,33);;/q;2*+1/p-2/t18-,19+,20?,21?,22+,23+,24-,25+,26-,27+;;/m0../s1. The van der Waals surface area contributed by atoms with Crippen molar-refractivity contribution >= 4 is 20.8 Å². The van der Waals surface area contributed by atoms with Crippen LogP contribution in [0.1, 0.15) is 98.3 Å². The maximum atomic E-state index is 11.4. The normalized spacial score (nSPS) is 42.9. The van der Waals surface area contributed by atoms with Crippen molar-refractivity contribution in [3.05, 3.63) is 0 Å². The molecule has 1 saturated heterocycles. The molecule has 0 aromatic carbocycles. The van der Waals surface area contributed by atoms with Gasteiger partial charge in [-0.3, -0.25) is 8.37 Å². The van der Waals surface area contributed by atoms with E-state index in [2.05, 4.69) is 27.7 Å². The van der Waals surface area contributed by atoms with Crippen molar-refractivity contribution in [2.75, 3.05) is 6.61 Å². The van der Waals surface area contributed by atoms with E-state index in [9.17, 15) is 25.9 Å². The van der Waals surface area contributed by atoms with Crippen LogP contribution in [0.15, 0.2) is 0 Å². The zero-order valence-corrected chi connectivity index (χ0v) is 30.7. The molecule has 13 heteroatoms. The van der Waals surface area contributed by atoms with E-state index in [4.69, 9.17) is 13.1 Å². The van der Waals surface area contributed by atoms with Gasteiger partial charge in [0.1, 0.15) is 6.10 Å². The Morgan fingerprint density at radius 1 is 0.850 bits per heavy atom. The van der Waals surface area contributed by atoms with Crippen LogP contribution in [0.25, 0.3) is 0 Å². The van der Waals surface area contributed by atoms with Gasteiger partial charge in [-0.05, 0) is 98.7 Å². The molecule has 0 amide bonds. The average Bonchev–Trinajstić information content (AvgIpc) is 3.11. The van der Waals surface area contributed by atoms with Crippen LogP contribution in [-0.4, -0.2) is 50.4 Å². The molecule has 4 saturated carbocycles. The smallest absolute Gasteiger partial charge is 0.726 e. The van der Waals surface area contributed by atoms with E-state index in [1.54, 1.807) is 0 Å². The van der Waals surface area contributed by atoms with Crippen molar-refractivity contribution in [2.45, 2.75) is 116 Å². The minimum absolute atomic E-state index is 0. The number of rotatable bonds is 10. The predicted molar refractivity (Wildman–Crippen MR) is 137 cm³/mol. The van der Waals surface area contributed by atoms with Gasteiger partial charge in [-0.1, -0.05) is 40.5 Å². The van der Waals surface area contributed by atoms with Gasteiger partial charge >= 0.3 is 59.1 Å². The Kier molecular flexibility index (Phi) is 11.6. The van der Waals surface area contributed by atoms with Crippen LogP contribution in [0.2, 0.25) is 0 Å². The van der Waals surface area contributed by atoms with E-state index < -0.39 is 26.9 Å². The van der Waals surface area contributed by atoms with E-state index in [0.29, 0.717) is 24.2 Å². The third-order valence-electron chi connectivity index (χ3n) is 11.8. The second kappa shape index (κ2) is 12.8. The van der Waals surface area contributed by atoms with Crippen molar-refractivity contribution in [3.63, 3.8) is 0 Å². The topological polar surface area (TPSA) is 142 Å². The fraction of sp³-hybridized carbons (Fsp3) is 1.00. The van der Waals surface area contributed by atoms with Gasteiger partial charge in [0.15, 0.2) is 0 Å². The summed E-state index contributed by atoms with van der Waals surface area (Å²) in [6.45, 7) is 8.97. The molecule has 0 N–H and O–H groups in total. The maximum Gasteiger partial charge on any atom is 1.00 e. The summed E-state index contributed by atoms with van der Waals surface area (Å²) in [5, 5.41) is 0. The summed E-state index contributed by atoms with van der Waals surface area (Å²) < 4.78 is 85.2. The Morgan fingerprint density at radius 3 is 2.12 bits per heavy atom. The van der Waals surface area contributed by atoms with Crippen LogP contribution < -0.4 is 59.1 Å². The summed E-state index contributed by atoms with van der Waals surface area (Å²) >= 11 is 0. The van der Waals surface area contributed by atoms with E-state index in [1.165, 1.54) is 0 Å². The summed E-state index contributed by atoms with van der Waals surface area (Å²) in [7, 11) is -9.56. The summed E-state index contributed by atoms with van der Waals surface area (Å²) in [6.07, 6.45) is 8.82. The third kappa shape index (κ3) is 6.49. The van der Waals surface area contributed by atoms with Crippen molar-refractivity contribution < 1.29 is 98.2 Å². The molecule has 0 radical (unpaired) electrons. The van der Waals surface area contributed by atoms with Crippen molar-refractivity contribution in [2.24, 2.45) is 46.3 Å². The Labute approximate surface area is 285 Å². The molecule has 0 aromatic heterocycles. The number of ether oxygens (including phenoxy) is 1. The van der Waals surface area contributed by atoms with Gasteiger partial charge in [-0.15, -0.1) is 0 Å². The van der Waals surface area contributed by atoms with Crippen LogP contribution in [0.4, 0.5) is 0 Å². The SMILES string of the molecule is CC(C)CCC[C@@H](COS(=O)(=O)[O-])[C@H]1CCC2C3CC[C@@H]4[C@@H]5O[C@@]3(CC[C@@]21C)[C@@]4(C)CC[C@H]5OS(=O)(=O)[O-].[Na+].[Na+]. The molecular weight excluding hydrogens is 578 g/mol. The Bertz CT molecular complexity index is 1120. The van der Waals surface area contributed by atoms with Gasteiger partial charge < -0.3 is 13.8 Å². The first-order valence-electron chi connectivity index (χ1n) is 14.5. The van der Waals surface area contributed by atoms with Gasteiger partial charge in [-0.2, -0.15) is 0 Å². The molecule has 4 bridgehead atoms. The van der Waals surface area contributed by atoms with Gasteiger partial charge in [0.2, 0.25) is 20.8 Å². The second-order valence-corrected chi connectivity index (χ2v) is 15.9. The Balaban J connectivity index is 0.00000220. The Morgan fingerprint density at radius 2 is 1.50 bits per heavy atom. The van der Waals surface area contributed by atoms with Crippen LogP contribution >= 0.6 is 0 Å². The van der Waals surface area contributed by atoms with E-state index in [0.717, 1.165) is 64.2 Å². The molecule has 4 aliphatic carbocycles. The van der Waals surface area contributed by atoms with Crippen molar-refractivity contribution in [3.8, 4) is 0 Å². The maximum absolute atomic E-state index is 11.4. The zero-order valence-electron chi connectivity index (χ0n) is 25.1. The molecule has 1 heterocycles. The number of hydrogen-bond donors (Lipinski definition) is 0. The fourth-order valence-electron chi connectivity index (χ4n) is 10.3. The van der Waals surface area contributed by atoms with Crippen molar-refractivity contribution in [1.82, 2.24) is 0 Å². The largest absolute Gasteiger partial charge is 1.00 e. The molecule has 1 aliphatic heterocycles.